The van der Waals surface area contributed by atoms with Gasteiger partial charge in [-0.2, -0.15) is 0 Å². The Morgan fingerprint density at radius 3 is 2.08 bits per heavy atom. The fourth-order valence-electron chi connectivity index (χ4n) is 5.21. The predicted molar refractivity (Wildman–Crippen MR) is 156 cm³/mol. The Bertz CT molecular complexity index is 897. The summed E-state index contributed by atoms with van der Waals surface area (Å²) in [6, 6.07) is 14.6. The summed E-state index contributed by atoms with van der Waals surface area (Å²) in [6.45, 7) is 8.32. The third-order valence-corrected chi connectivity index (χ3v) is 8.10. The molecule has 0 bridgehead atoms. The van der Waals surface area contributed by atoms with Crippen molar-refractivity contribution in [3.63, 3.8) is 0 Å². The van der Waals surface area contributed by atoms with Crippen LogP contribution >= 0.6 is 0 Å². The van der Waals surface area contributed by atoms with Crippen molar-refractivity contribution in [1.29, 1.82) is 0 Å². The number of rotatable bonds is 17. The molecule has 0 aliphatic heterocycles. The van der Waals surface area contributed by atoms with E-state index in [9.17, 15) is 4.79 Å². The number of carbonyl (C=O) groups excluding carboxylic acids is 1. The van der Waals surface area contributed by atoms with E-state index >= 15 is 0 Å². The van der Waals surface area contributed by atoms with Crippen molar-refractivity contribution in [2.75, 3.05) is 13.2 Å². The van der Waals surface area contributed by atoms with Crippen LogP contribution in [0.2, 0.25) is 0 Å². The van der Waals surface area contributed by atoms with E-state index in [1.807, 2.05) is 24.3 Å². The maximum atomic E-state index is 12.6. The standard InChI is InChI=1S/C34H50O4/c1-4-6-8-12-28-13-15-29(16-14-28)26-37-32-21-23-33(24-22-32)38-34(35)30-17-19-31(20-18-30)36-25-10-7-9-11-27(3)5-2/h17-24,27-29H,4-16,25-26H2,1-3H3. The van der Waals surface area contributed by atoms with Crippen LogP contribution < -0.4 is 14.2 Å². The molecule has 210 valence electrons. The highest BCUT2D eigenvalue weighted by molar-refractivity contribution is 5.91. The fourth-order valence-corrected chi connectivity index (χ4v) is 5.21. The van der Waals surface area contributed by atoms with Gasteiger partial charge in [0.1, 0.15) is 17.2 Å². The molecule has 1 saturated carbocycles. The molecule has 0 spiro atoms. The predicted octanol–water partition coefficient (Wildman–Crippen LogP) is 9.66. The minimum atomic E-state index is -0.369. The van der Waals surface area contributed by atoms with Crippen molar-refractivity contribution >= 4 is 5.97 Å². The van der Waals surface area contributed by atoms with Gasteiger partial charge in [-0.15, -0.1) is 0 Å². The van der Waals surface area contributed by atoms with E-state index < -0.39 is 0 Å². The largest absolute Gasteiger partial charge is 0.494 e. The van der Waals surface area contributed by atoms with Gasteiger partial charge >= 0.3 is 5.97 Å². The molecule has 4 heteroatoms. The molecule has 4 nitrogen and oxygen atoms in total. The molecule has 0 saturated heterocycles. The first-order valence-electron chi connectivity index (χ1n) is 15.2. The zero-order valence-electron chi connectivity index (χ0n) is 24.1. The molecule has 0 heterocycles. The normalized spacial score (nSPS) is 18.1. The van der Waals surface area contributed by atoms with Gasteiger partial charge < -0.3 is 14.2 Å². The maximum Gasteiger partial charge on any atom is 0.343 e. The highest BCUT2D eigenvalue weighted by Gasteiger charge is 2.21. The monoisotopic (exact) mass is 522 g/mol. The highest BCUT2D eigenvalue weighted by atomic mass is 16.5. The van der Waals surface area contributed by atoms with E-state index in [4.69, 9.17) is 14.2 Å². The molecule has 0 radical (unpaired) electrons. The first-order valence-corrected chi connectivity index (χ1v) is 15.2. The quantitative estimate of drug-likeness (QED) is 0.118. The lowest BCUT2D eigenvalue weighted by Gasteiger charge is -2.28. The van der Waals surface area contributed by atoms with Crippen LogP contribution in [0.4, 0.5) is 0 Å². The van der Waals surface area contributed by atoms with Crippen LogP contribution in [0.3, 0.4) is 0 Å². The molecule has 0 amide bonds. The lowest BCUT2D eigenvalue weighted by Crippen LogP contribution is -2.20. The third kappa shape index (κ3) is 11.1. The average molecular weight is 523 g/mol. The first-order chi connectivity index (χ1) is 18.6. The van der Waals surface area contributed by atoms with Crippen molar-refractivity contribution < 1.29 is 19.0 Å². The lowest BCUT2D eigenvalue weighted by atomic mass is 9.80. The Labute approximate surface area is 231 Å². The Morgan fingerprint density at radius 1 is 0.763 bits per heavy atom. The zero-order valence-corrected chi connectivity index (χ0v) is 24.1. The van der Waals surface area contributed by atoms with Crippen molar-refractivity contribution in [2.24, 2.45) is 17.8 Å². The molecule has 0 N–H and O–H groups in total. The zero-order chi connectivity index (χ0) is 27.0. The van der Waals surface area contributed by atoms with Crippen LogP contribution in [-0.4, -0.2) is 19.2 Å². The Morgan fingerprint density at radius 2 is 1.39 bits per heavy atom. The van der Waals surface area contributed by atoms with Crippen LogP contribution in [0.1, 0.15) is 115 Å². The van der Waals surface area contributed by atoms with E-state index in [1.54, 1.807) is 24.3 Å². The van der Waals surface area contributed by atoms with Gasteiger partial charge in [0.05, 0.1) is 18.8 Å². The SMILES string of the molecule is CCCCCC1CCC(COc2ccc(OC(=O)c3ccc(OCCCCCC(C)CC)cc3)cc2)CC1. The van der Waals surface area contributed by atoms with Crippen molar-refractivity contribution in [3.05, 3.63) is 54.1 Å². The van der Waals surface area contributed by atoms with E-state index in [0.717, 1.165) is 36.4 Å². The van der Waals surface area contributed by atoms with Crippen molar-refractivity contribution in [3.8, 4) is 17.2 Å². The Hall–Kier alpha value is -2.49. The average Bonchev–Trinajstić information content (AvgIpc) is 2.95. The van der Waals surface area contributed by atoms with Crippen LogP contribution in [0, 0.1) is 17.8 Å². The van der Waals surface area contributed by atoms with Gasteiger partial charge in [-0.1, -0.05) is 85.0 Å². The maximum absolute atomic E-state index is 12.6. The van der Waals surface area contributed by atoms with Crippen LogP contribution in [0.5, 0.6) is 17.2 Å². The second-order valence-corrected chi connectivity index (χ2v) is 11.3. The molecule has 38 heavy (non-hydrogen) atoms. The van der Waals surface area contributed by atoms with E-state index in [-0.39, 0.29) is 5.97 Å². The second kappa shape index (κ2) is 17.2. The van der Waals surface area contributed by atoms with Gasteiger partial charge in [0, 0.05) is 0 Å². The van der Waals surface area contributed by atoms with Gasteiger partial charge in [-0.3, -0.25) is 0 Å². The first kappa shape index (κ1) is 30.1. The summed E-state index contributed by atoms with van der Waals surface area (Å²) in [4.78, 5) is 12.6. The van der Waals surface area contributed by atoms with Gasteiger partial charge in [-0.25, -0.2) is 4.79 Å². The summed E-state index contributed by atoms with van der Waals surface area (Å²) < 4.78 is 17.4. The molecule has 0 aromatic heterocycles. The van der Waals surface area contributed by atoms with E-state index in [0.29, 0.717) is 23.8 Å². The molecule has 1 fully saturated rings. The molecule has 1 aliphatic carbocycles. The Balaban J connectivity index is 1.32. The molecule has 2 aromatic rings. The molecular formula is C34H50O4. The minimum absolute atomic E-state index is 0.369. The number of hydrogen-bond donors (Lipinski definition) is 0. The molecule has 1 unspecified atom stereocenters. The van der Waals surface area contributed by atoms with Crippen LogP contribution in [0.25, 0.3) is 0 Å². The number of esters is 1. The minimum Gasteiger partial charge on any atom is -0.494 e. The summed E-state index contributed by atoms with van der Waals surface area (Å²) in [7, 11) is 0. The summed E-state index contributed by atoms with van der Waals surface area (Å²) in [5, 5.41) is 0. The molecule has 3 rings (SSSR count). The van der Waals surface area contributed by atoms with E-state index in [2.05, 4.69) is 20.8 Å². The summed E-state index contributed by atoms with van der Waals surface area (Å²) in [6.07, 6.45) is 16.8. The second-order valence-electron chi connectivity index (χ2n) is 11.3. The molecular weight excluding hydrogens is 472 g/mol. The number of hydrogen-bond acceptors (Lipinski definition) is 4. The topological polar surface area (TPSA) is 44.8 Å². The smallest absolute Gasteiger partial charge is 0.343 e. The third-order valence-electron chi connectivity index (χ3n) is 8.10. The lowest BCUT2D eigenvalue weighted by molar-refractivity contribution is 0.0734. The molecule has 2 aromatic carbocycles. The number of carbonyl (C=O) groups is 1. The molecule has 1 atom stereocenters. The van der Waals surface area contributed by atoms with Gasteiger partial charge in [0.25, 0.3) is 0 Å². The highest BCUT2D eigenvalue weighted by Crippen LogP contribution is 2.32. The number of benzene rings is 2. The van der Waals surface area contributed by atoms with Gasteiger partial charge in [0.2, 0.25) is 0 Å². The summed E-state index contributed by atoms with van der Waals surface area (Å²) >= 11 is 0. The molecule has 1 aliphatic rings. The summed E-state index contributed by atoms with van der Waals surface area (Å²) in [5.41, 5.74) is 0.511. The van der Waals surface area contributed by atoms with Crippen molar-refractivity contribution in [2.45, 2.75) is 104 Å². The van der Waals surface area contributed by atoms with Gasteiger partial charge in [0.15, 0.2) is 0 Å². The Kier molecular flexibility index (Phi) is 13.6. The number of unbranched alkanes of at least 4 members (excludes halogenated alkanes) is 4. The fraction of sp³-hybridized carbons (Fsp3) is 0.618. The van der Waals surface area contributed by atoms with Crippen LogP contribution in [-0.2, 0) is 0 Å². The summed E-state index contributed by atoms with van der Waals surface area (Å²) in [5.74, 6) is 4.15. The van der Waals surface area contributed by atoms with Gasteiger partial charge in [-0.05, 0) is 85.5 Å². The van der Waals surface area contributed by atoms with Crippen molar-refractivity contribution in [1.82, 2.24) is 0 Å². The van der Waals surface area contributed by atoms with E-state index in [1.165, 1.54) is 77.0 Å². The van der Waals surface area contributed by atoms with Crippen LogP contribution in [0.15, 0.2) is 48.5 Å². The number of ether oxygens (including phenoxy) is 3.